The van der Waals surface area contributed by atoms with Crippen molar-refractivity contribution >= 4 is 22.0 Å². The molecule has 0 saturated heterocycles. The molecule has 0 fully saturated rings. The molecule has 0 atom stereocenters. The fraction of sp³-hybridized carbons (Fsp3) is 0.125. The molecule has 1 nitrogen and oxygen atoms in total. The van der Waals surface area contributed by atoms with Crippen molar-refractivity contribution in [2.75, 3.05) is 0 Å². The lowest BCUT2D eigenvalue weighted by molar-refractivity contribution is 1.19. The molecule has 0 aliphatic rings. The average molecular weight is 198 g/mol. The molecule has 0 spiro atoms. The minimum Gasteiger partial charge on any atom is -0.261 e. The summed E-state index contributed by atoms with van der Waals surface area (Å²) in [6, 6.07) is 4.02. The quantitative estimate of drug-likeness (QED) is 0.676. The van der Waals surface area contributed by atoms with Gasteiger partial charge in [0.15, 0.2) is 0 Å². The van der Waals surface area contributed by atoms with Gasteiger partial charge in [-0.3, -0.25) is 4.98 Å². The zero-order valence-corrected chi connectivity index (χ0v) is 7.30. The van der Waals surface area contributed by atoms with E-state index in [1.54, 1.807) is 0 Å². The predicted molar refractivity (Wildman–Crippen MR) is 46.9 cm³/mol. The number of nitrogens with zero attached hydrogens (tertiary/aromatic N) is 1. The first-order chi connectivity index (χ1) is 4.83. The van der Waals surface area contributed by atoms with Gasteiger partial charge in [-0.05, 0) is 29.6 Å². The van der Waals surface area contributed by atoms with Crippen LogP contribution in [0.15, 0.2) is 23.3 Å². The van der Waals surface area contributed by atoms with Crippen LogP contribution in [0, 0.1) is 6.92 Å². The van der Waals surface area contributed by atoms with E-state index in [0.717, 1.165) is 11.3 Å². The van der Waals surface area contributed by atoms with Crippen LogP contribution in [0.5, 0.6) is 0 Å². The molecule has 0 unspecified atom stereocenters. The van der Waals surface area contributed by atoms with Crippen LogP contribution in [-0.4, -0.2) is 4.98 Å². The second kappa shape index (κ2) is 3.52. The summed E-state index contributed by atoms with van der Waals surface area (Å²) in [6.07, 6.45) is 3.79. The lowest BCUT2D eigenvalue weighted by Gasteiger charge is -1.91. The summed E-state index contributed by atoms with van der Waals surface area (Å²) in [5.74, 6) is 0. The monoisotopic (exact) mass is 197 g/mol. The Kier molecular flexibility index (Phi) is 2.63. The SMILES string of the molecule is Cc1ccc(/C=C\Br)cn1. The van der Waals surface area contributed by atoms with E-state index < -0.39 is 0 Å². The highest BCUT2D eigenvalue weighted by molar-refractivity contribution is 9.11. The number of hydrogen-bond donors (Lipinski definition) is 0. The minimum atomic E-state index is 1.05. The van der Waals surface area contributed by atoms with Gasteiger partial charge in [0, 0.05) is 11.9 Å². The molecule has 52 valence electrons. The molecule has 0 aliphatic carbocycles. The third-order valence-electron chi connectivity index (χ3n) is 1.19. The molecule has 0 aliphatic heterocycles. The Hall–Kier alpha value is -0.630. The molecule has 1 rings (SSSR count). The first-order valence-corrected chi connectivity index (χ1v) is 3.94. The van der Waals surface area contributed by atoms with Crippen LogP contribution >= 0.6 is 15.9 Å². The van der Waals surface area contributed by atoms with Crippen molar-refractivity contribution in [3.63, 3.8) is 0 Å². The standard InChI is InChI=1S/C8H8BrN/c1-7-2-3-8(4-5-9)6-10-7/h2-6H,1H3/b5-4-. The van der Waals surface area contributed by atoms with Crippen LogP contribution in [-0.2, 0) is 0 Å². The van der Waals surface area contributed by atoms with Gasteiger partial charge in [0.2, 0.25) is 0 Å². The van der Waals surface area contributed by atoms with Crippen molar-refractivity contribution in [3.05, 3.63) is 34.6 Å². The Morgan fingerprint density at radius 3 is 2.80 bits per heavy atom. The molecule has 10 heavy (non-hydrogen) atoms. The van der Waals surface area contributed by atoms with E-state index >= 15 is 0 Å². The summed E-state index contributed by atoms with van der Waals surface area (Å²) < 4.78 is 0. The molecular weight excluding hydrogens is 190 g/mol. The molecule has 0 saturated carbocycles. The van der Waals surface area contributed by atoms with E-state index in [4.69, 9.17) is 0 Å². The minimum absolute atomic E-state index is 1.05. The highest BCUT2D eigenvalue weighted by Crippen LogP contribution is 2.02. The zero-order chi connectivity index (χ0) is 7.40. The van der Waals surface area contributed by atoms with E-state index in [0.29, 0.717) is 0 Å². The maximum atomic E-state index is 4.13. The number of aromatic nitrogens is 1. The van der Waals surface area contributed by atoms with Gasteiger partial charge in [0.25, 0.3) is 0 Å². The lowest BCUT2D eigenvalue weighted by Crippen LogP contribution is -1.79. The fourth-order valence-electron chi connectivity index (χ4n) is 0.651. The largest absolute Gasteiger partial charge is 0.261 e. The van der Waals surface area contributed by atoms with Crippen molar-refractivity contribution < 1.29 is 0 Å². The maximum Gasteiger partial charge on any atom is 0.0373 e. The third-order valence-corrected chi connectivity index (χ3v) is 1.45. The van der Waals surface area contributed by atoms with E-state index in [-0.39, 0.29) is 0 Å². The number of halogens is 1. The summed E-state index contributed by atoms with van der Waals surface area (Å²) in [6.45, 7) is 1.97. The smallest absolute Gasteiger partial charge is 0.0373 e. The molecule has 0 N–H and O–H groups in total. The molecule has 0 amide bonds. The summed E-state index contributed by atoms with van der Waals surface area (Å²) >= 11 is 3.20. The van der Waals surface area contributed by atoms with Gasteiger partial charge >= 0.3 is 0 Å². The van der Waals surface area contributed by atoms with Gasteiger partial charge in [-0.1, -0.05) is 22.0 Å². The van der Waals surface area contributed by atoms with Crippen LogP contribution in [0.1, 0.15) is 11.3 Å². The van der Waals surface area contributed by atoms with Crippen LogP contribution in [0.2, 0.25) is 0 Å². The van der Waals surface area contributed by atoms with Crippen LogP contribution in [0.25, 0.3) is 6.08 Å². The normalized spacial score (nSPS) is 10.6. The van der Waals surface area contributed by atoms with Gasteiger partial charge in [0.1, 0.15) is 0 Å². The first kappa shape index (κ1) is 7.48. The summed E-state index contributed by atoms with van der Waals surface area (Å²) in [5, 5.41) is 0. The van der Waals surface area contributed by atoms with Crippen LogP contribution in [0.3, 0.4) is 0 Å². The van der Waals surface area contributed by atoms with Gasteiger partial charge < -0.3 is 0 Å². The molecule has 1 aromatic rings. The Bertz CT molecular complexity index is 226. The van der Waals surface area contributed by atoms with Crippen LogP contribution < -0.4 is 0 Å². The Morgan fingerprint density at radius 2 is 2.30 bits per heavy atom. The van der Waals surface area contributed by atoms with Crippen molar-refractivity contribution in [1.82, 2.24) is 4.98 Å². The molecule has 0 bridgehead atoms. The van der Waals surface area contributed by atoms with E-state index in [9.17, 15) is 0 Å². The molecular formula is C8H8BrN. The molecule has 0 radical (unpaired) electrons. The summed E-state index contributed by atoms with van der Waals surface area (Å²) in [4.78, 5) is 5.94. The summed E-state index contributed by atoms with van der Waals surface area (Å²) in [7, 11) is 0. The molecule has 1 aromatic heterocycles. The van der Waals surface area contributed by atoms with Gasteiger partial charge in [-0.15, -0.1) is 0 Å². The second-order valence-corrected chi connectivity index (χ2v) is 2.55. The van der Waals surface area contributed by atoms with Gasteiger partial charge in [0.05, 0.1) is 0 Å². The second-order valence-electron chi connectivity index (χ2n) is 2.03. The van der Waals surface area contributed by atoms with E-state index in [1.165, 1.54) is 0 Å². The predicted octanol–water partition coefficient (Wildman–Crippen LogP) is 2.76. The number of hydrogen-bond acceptors (Lipinski definition) is 1. The number of aryl methyl sites for hydroxylation is 1. The van der Waals surface area contributed by atoms with Gasteiger partial charge in [-0.25, -0.2) is 0 Å². The summed E-state index contributed by atoms with van der Waals surface area (Å²) in [5.41, 5.74) is 2.16. The maximum absolute atomic E-state index is 4.13. The zero-order valence-electron chi connectivity index (χ0n) is 5.71. The Morgan fingerprint density at radius 1 is 1.50 bits per heavy atom. The fourth-order valence-corrected chi connectivity index (χ4v) is 0.956. The van der Waals surface area contributed by atoms with E-state index in [2.05, 4.69) is 20.9 Å². The topological polar surface area (TPSA) is 12.9 Å². The average Bonchev–Trinajstić information content (AvgIpc) is 1.95. The first-order valence-electron chi connectivity index (χ1n) is 3.02. The highest BCUT2D eigenvalue weighted by Gasteiger charge is 1.84. The third kappa shape index (κ3) is 1.95. The van der Waals surface area contributed by atoms with Crippen molar-refractivity contribution in [2.24, 2.45) is 0 Å². The molecule has 0 aromatic carbocycles. The molecule has 2 heteroatoms. The lowest BCUT2D eigenvalue weighted by atomic mass is 10.2. The highest BCUT2D eigenvalue weighted by atomic mass is 79.9. The van der Waals surface area contributed by atoms with E-state index in [1.807, 2.05) is 36.3 Å². The number of pyridine rings is 1. The Labute approximate surface area is 68.9 Å². The van der Waals surface area contributed by atoms with Crippen molar-refractivity contribution in [1.29, 1.82) is 0 Å². The molecule has 1 heterocycles. The van der Waals surface area contributed by atoms with Crippen LogP contribution in [0.4, 0.5) is 0 Å². The van der Waals surface area contributed by atoms with Gasteiger partial charge in [-0.2, -0.15) is 0 Å². The van der Waals surface area contributed by atoms with Crippen molar-refractivity contribution in [2.45, 2.75) is 6.92 Å². The Balaban J connectivity index is 2.89. The van der Waals surface area contributed by atoms with Crippen molar-refractivity contribution in [3.8, 4) is 0 Å². The number of rotatable bonds is 1.